The molecule has 0 spiro atoms. The Bertz CT molecular complexity index is 594. The summed E-state index contributed by atoms with van der Waals surface area (Å²) in [7, 11) is 0. The van der Waals surface area contributed by atoms with Gasteiger partial charge in [-0.15, -0.1) is 0 Å². The van der Waals surface area contributed by atoms with Crippen LogP contribution in [0.2, 0.25) is 0 Å². The maximum Gasteiger partial charge on any atom is 0.126 e. The third-order valence-corrected chi connectivity index (χ3v) is 3.52. The second kappa shape index (κ2) is 5.14. The van der Waals surface area contributed by atoms with Crippen LogP contribution in [-0.2, 0) is 0 Å². The highest BCUT2D eigenvalue weighted by Crippen LogP contribution is 2.29. The lowest BCUT2D eigenvalue weighted by atomic mass is 9.91. The van der Waals surface area contributed by atoms with Crippen molar-refractivity contribution in [2.24, 2.45) is 0 Å². The molecule has 2 aromatic carbocycles. The van der Waals surface area contributed by atoms with Gasteiger partial charge >= 0.3 is 0 Å². The van der Waals surface area contributed by atoms with Gasteiger partial charge in [0.05, 0.1) is 0 Å². The van der Waals surface area contributed by atoms with Gasteiger partial charge in [0.1, 0.15) is 11.9 Å². The number of benzene rings is 2. The molecule has 2 heteroatoms. The summed E-state index contributed by atoms with van der Waals surface area (Å²) in [4.78, 5) is 0. The molecule has 100 valence electrons. The first kappa shape index (κ1) is 13.8. The summed E-state index contributed by atoms with van der Waals surface area (Å²) in [5, 5.41) is 10.5. The van der Waals surface area contributed by atoms with Crippen molar-refractivity contribution in [2.45, 2.75) is 33.8 Å². The lowest BCUT2D eigenvalue weighted by molar-refractivity contribution is 0.218. The highest BCUT2D eigenvalue weighted by atomic mass is 19.1. The molecule has 0 aliphatic rings. The van der Waals surface area contributed by atoms with Gasteiger partial charge in [0.15, 0.2) is 0 Å². The van der Waals surface area contributed by atoms with Crippen molar-refractivity contribution in [3.63, 3.8) is 0 Å². The number of rotatable bonds is 2. The van der Waals surface area contributed by atoms with Gasteiger partial charge in [-0.3, -0.25) is 0 Å². The van der Waals surface area contributed by atoms with Gasteiger partial charge < -0.3 is 5.11 Å². The van der Waals surface area contributed by atoms with E-state index in [1.807, 2.05) is 32.9 Å². The summed E-state index contributed by atoms with van der Waals surface area (Å²) >= 11 is 0. The summed E-state index contributed by atoms with van der Waals surface area (Å²) < 4.78 is 13.6. The number of halogens is 1. The van der Waals surface area contributed by atoms with Crippen LogP contribution in [0, 0.1) is 33.5 Å². The predicted molar refractivity (Wildman–Crippen MR) is 75.9 cm³/mol. The lowest BCUT2D eigenvalue weighted by Crippen LogP contribution is -2.06. The van der Waals surface area contributed by atoms with Crippen LogP contribution in [0.4, 0.5) is 4.39 Å². The number of aliphatic hydroxyl groups excluding tert-OH is 1. The van der Waals surface area contributed by atoms with Gasteiger partial charge in [-0.1, -0.05) is 29.8 Å². The van der Waals surface area contributed by atoms with E-state index in [1.54, 1.807) is 19.1 Å². The fourth-order valence-corrected chi connectivity index (χ4v) is 2.57. The van der Waals surface area contributed by atoms with Crippen molar-refractivity contribution in [1.29, 1.82) is 0 Å². The highest BCUT2D eigenvalue weighted by Gasteiger charge is 2.16. The second-order valence-corrected chi connectivity index (χ2v) is 5.22. The minimum absolute atomic E-state index is 0.279. The van der Waals surface area contributed by atoms with Crippen LogP contribution < -0.4 is 0 Å². The minimum atomic E-state index is -0.782. The van der Waals surface area contributed by atoms with Crippen LogP contribution in [0.1, 0.15) is 39.5 Å². The van der Waals surface area contributed by atoms with E-state index in [2.05, 4.69) is 0 Å². The zero-order chi connectivity index (χ0) is 14.2. The topological polar surface area (TPSA) is 20.2 Å². The molecule has 2 rings (SSSR count). The van der Waals surface area contributed by atoms with E-state index in [4.69, 9.17) is 0 Å². The molecule has 2 aromatic rings. The molecule has 0 saturated heterocycles. The third-order valence-electron chi connectivity index (χ3n) is 3.52. The van der Waals surface area contributed by atoms with Gasteiger partial charge in [-0.2, -0.15) is 0 Å². The Morgan fingerprint density at radius 2 is 1.47 bits per heavy atom. The maximum absolute atomic E-state index is 13.6. The molecule has 1 unspecified atom stereocenters. The minimum Gasteiger partial charge on any atom is -0.384 e. The van der Waals surface area contributed by atoms with Crippen LogP contribution >= 0.6 is 0 Å². The summed E-state index contributed by atoms with van der Waals surface area (Å²) in [5.41, 5.74) is 5.29. The average molecular weight is 258 g/mol. The molecule has 0 aromatic heterocycles. The van der Waals surface area contributed by atoms with Gasteiger partial charge in [0, 0.05) is 0 Å². The Hall–Kier alpha value is -1.67. The van der Waals surface area contributed by atoms with Crippen LogP contribution in [-0.4, -0.2) is 5.11 Å². The summed E-state index contributed by atoms with van der Waals surface area (Å²) in [6, 6.07) is 8.97. The first-order valence-corrected chi connectivity index (χ1v) is 6.42. The van der Waals surface area contributed by atoms with E-state index in [0.717, 1.165) is 16.7 Å². The van der Waals surface area contributed by atoms with Crippen molar-refractivity contribution in [3.05, 3.63) is 69.5 Å². The Morgan fingerprint density at radius 1 is 0.895 bits per heavy atom. The van der Waals surface area contributed by atoms with Crippen LogP contribution in [0.5, 0.6) is 0 Å². The predicted octanol–water partition coefficient (Wildman–Crippen LogP) is 4.14. The number of hydrogen-bond donors (Lipinski definition) is 1. The fourth-order valence-electron chi connectivity index (χ4n) is 2.57. The maximum atomic E-state index is 13.6. The van der Waals surface area contributed by atoms with Crippen molar-refractivity contribution in [1.82, 2.24) is 0 Å². The molecule has 19 heavy (non-hydrogen) atoms. The van der Waals surface area contributed by atoms with E-state index >= 15 is 0 Å². The monoisotopic (exact) mass is 258 g/mol. The van der Waals surface area contributed by atoms with E-state index in [-0.39, 0.29) is 5.82 Å². The molecule has 0 amide bonds. The average Bonchev–Trinajstić information content (AvgIpc) is 2.31. The second-order valence-electron chi connectivity index (χ2n) is 5.22. The molecule has 1 atom stereocenters. The molecule has 0 saturated carbocycles. The Labute approximate surface area is 113 Å². The number of aliphatic hydroxyl groups is 1. The number of hydrogen-bond acceptors (Lipinski definition) is 1. The van der Waals surface area contributed by atoms with Crippen LogP contribution in [0.25, 0.3) is 0 Å². The molecular weight excluding hydrogens is 239 g/mol. The lowest BCUT2D eigenvalue weighted by Gasteiger charge is -2.18. The highest BCUT2D eigenvalue weighted by molar-refractivity contribution is 5.43. The van der Waals surface area contributed by atoms with E-state index < -0.39 is 6.10 Å². The van der Waals surface area contributed by atoms with Crippen LogP contribution in [0.15, 0.2) is 30.3 Å². The SMILES string of the molecule is Cc1cc(C)c(C(O)c2ccc(C)c(F)c2)c(C)c1. The van der Waals surface area contributed by atoms with E-state index in [9.17, 15) is 9.50 Å². The summed E-state index contributed by atoms with van der Waals surface area (Å²) in [6.45, 7) is 7.70. The van der Waals surface area contributed by atoms with Gasteiger partial charge in [0.25, 0.3) is 0 Å². The zero-order valence-corrected chi connectivity index (χ0v) is 11.8. The first-order valence-electron chi connectivity index (χ1n) is 6.42. The fraction of sp³-hybridized carbons (Fsp3) is 0.294. The Kier molecular flexibility index (Phi) is 3.72. The summed E-state index contributed by atoms with van der Waals surface area (Å²) in [6.07, 6.45) is -0.782. The quantitative estimate of drug-likeness (QED) is 0.858. The third kappa shape index (κ3) is 2.69. The van der Waals surface area contributed by atoms with E-state index in [1.165, 1.54) is 11.6 Å². The Balaban J connectivity index is 2.49. The molecule has 0 aliphatic heterocycles. The molecule has 1 nitrogen and oxygen atoms in total. The van der Waals surface area contributed by atoms with Crippen molar-refractivity contribution in [2.75, 3.05) is 0 Å². The standard InChI is InChI=1S/C17H19FO/c1-10-7-12(3)16(13(4)8-10)17(19)14-6-5-11(2)15(18)9-14/h5-9,17,19H,1-4H3. The van der Waals surface area contributed by atoms with Crippen molar-refractivity contribution in [3.8, 4) is 0 Å². The van der Waals surface area contributed by atoms with Gasteiger partial charge in [-0.25, -0.2) is 4.39 Å². The van der Waals surface area contributed by atoms with Crippen LogP contribution in [0.3, 0.4) is 0 Å². The Morgan fingerprint density at radius 3 is 2.00 bits per heavy atom. The molecule has 0 bridgehead atoms. The summed E-state index contributed by atoms with van der Waals surface area (Å²) in [5.74, 6) is -0.279. The first-order chi connectivity index (χ1) is 8.90. The van der Waals surface area contributed by atoms with Gasteiger partial charge in [-0.05, 0) is 61.6 Å². The van der Waals surface area contributed by atoms with Crippen molar-refractivity contribution >= 4 is 0 Å². The van der Waals surface area contributed by atoms with Crippen molar-refractivity contribution < 1.29 is 9.50 Å². The van der Waals surface area contributed by atoms with Gasteiger partial charge in [0.2, 0.25) is 0 Å². The smallest absolute Gasteiger partial charge is 0.126 e. The molecule has 0 radical (unpaired) electrons. The molecule has 0 aliphatic carbocycles. The molecule has 1 N–H and O–H groups in total. The zero-order valence-electron chi connectivity index (χ0n) is 11.8. The van der Waals surface area contributed by atoms with E-state index in [0.29, 0.717) is 11.1 Å². The number of aryl methyl sites for hydroxylation is 4. The molecule has 0 fully saturated rings. The molecular formula is C17H19FO. The largest absolute Gasteiger partial charge is 0.384 e. The normalized spacial score (nSPS) is 12.5. The molecule has 0 heterocycles.